The number of carbonyl (C=O) groups excluding carboxylic acids is 1. The molecule has 0 rings (SSSR count). The number of halogens is 2. The van der Waals surface area contributed by atoms with Crippen molar-refractivity contribution in [3.05, 3.63) is 0 Å². The fraction of sp³-hybridized carbons (Fsp3) is 0.889. The van der Waals surface area contributed by atoms with E-state index in [-0.39, 0.29) is 18.2 Å². The first-order valence-corrected chi connectivity index (χ1v) is 4.69. The van der Waals surface area contributed by atoms with Gasteiger partial charge in [-0.25, -0.2) is 8.78 Å². The third-order valence-electron chi connectivity index (χ3n) is 1.78. The van der Waals surface area contributed by atoms with Crippen molar-refractivity contribution in [1.82, 2.24) is 5.32 Å². The maximum atomic E-state index is 11.8. The Hall–Kier alpha value is -0.750. The molecule has 2 N–H and O–H groups in total. The number of hydrogen-bond donors (Lipinski definition) is 2. The number of ether oxygens (including phenoxy) is 1. The molecule has 0 saturated carbocycles. The lowest BCUT2D eigenvalue weighted by atomic mass is 10.1. The van der Waals surface area contributed by atoms with Gasteiger partial charge in [0, 0.05) is 26.7 Å². The number of rotatable bonds is 7. The largest absolute Gasteiger partial charge is 0.385 e. The van der Waals surface area contributed by atoms with Crippen molar-refractivity contribution >= 4 is 5.91 Å². The molecular weight excluding hydrogens is 208 g/mol. The lowest BCUT2D eigenvalue weighted by Crippen LogP contribution is -2.36. The summed E-state index contributed by atoms with van der Waals surface area (Å²) in [6.45, 7) is 1.83. The van der Waals surface area contributed by atoms with Crippen LogP contribution in [0.3, 0.4) is 0 Å². The number of carbonyl (C=O) groups is 1. The monoisotopic (exact) mass is 225 g/mol. The number of nitrogens with one attached hydrogen (secondary N) is 1. The first-order chi connectivity index (χ1) is 6.97. The van der Waals surface area contributed by atoms with Gasteiger partial charge in [-0.05, 0) is 5.92 Å². The molecule has 6 heteroatoms. The van der Waals surface area contributed by atoms with Crippen molar-refractivity contribution in [2.24, 2.45) is 5.92 Å². The van der Waals surface area contributed by atoms with Crippen LogP contribution in [0.15, 0.2) is 0 Å². The van der Waals surface area contributed by atoms with Crippen LogP contribution in [0.4, 0.5) is 8.78 Å². The Labute approximate surface area is 87.6 Å². The van der Waals surface area contributed by atoms with Crippen LogP contribution in [0.2, 0.25) is 0 Å². The van der Waals surface area contributed by atoms with Crippen LogP contribution in [0.25, 0.3) is 0 Å². The van der Waals surface area contributed by atoms with Gasteiger partial charge in [-0.15, -0.1) is 0 Å². The van der Waals surface area contributed by atoms with E-state index in [0.29, 0.717) is 6.61 Å². The zero-order valence-corrected chi connectivity index (χ0v) is 8.87. The normalized spacial score (nSPS) is 15.1. The molecule has 0 radical (unpaired) electrons. The van der Waals surface area contributed by atoms with Crippen molar-refractivity contribution in [3.8, 4) is 0 Å². The van der Waals surface area contributed by atoms with Gasteiger partial charge in [-0.3, -0.25) is 4.79 Å². The second-order valence-electron chi connectivity index (χ2n) is 3.47. The smallest absolute Gasteiger partial charge is 0.265 e. The maximum Gasteiger partial charge on any atom is 0.265 e. The lowest BCUT2D eigenvalue weighted by Gasteiger charge is -2.13. The third-order valence-corrected chi connectivity index (χ3v) is 1.78. The summed E-state index contributed by atoms with van der Waals surface area (Å²) in [6.07, 6.45) is -4.43. The van der Waals surface area contributed by atoms with E-state index < -0.39 is 19.1 Å². The van der Waals surface area contributed by atoms with Crippen LogP contribution in [0.1, 0.15) is 13.3 Å². The quantitative estimate of drug-likeness (QED) is 0.659. The SMILES string of the molecule is COCC(C)CC(=O)NCC(O)C(F)F. The van der Waals surface area contributed by atoms with Gasteiger partial charge in [-0.2, -0.15) is 0 Å². The topological polar surface area (TPSA) is 58.6 Å². The van der Waals surface area contributed by atoms with E-state index in [0.717, 1.165) is 0 Å². The Morgan fingerprint density at radius 1 is 1.53 bits per heavy atom. The van der Waals surface area contributed by atoms with Crippen LogP contribution in [0, 0.1) is 5.92 Å². The second kappa shape index (κ2) is 7.53. The van der Waals surface area contributed by atoms with Crippen LogP contribution in [-0.4, -0.2) is 43.8 Å². The molecule has 15 heavy (non-hydrogen) atoms. The van der Waals surface area contributed by atoms with E-state index in [2.05, 4.69) is 5.32 Å². The Morgan fingerprint density at radius 2 is 2.13 bits per heavy atom. The highest BCUT2D eigenvalue weighted by atomic mass is 19.3. The minimum absolute atomic E-state index is 0.0266. The molecule has 0 fully saturated rings. The molecule has 0 aliphatic rings. The number of aliphatic hydroxyl groups is 1. The molecule has 0 aromatic heterocycles. The first kappa shape index (κ1) is 14.2. The predicted octanol–water partition coefficient (Wildman–Crippen LogP) is 0.401. The minimum Gasteiger partial charge on any atom is -0.385 e. The van der Waals surface area contributed by atoms with E-state index in [1.807, 2.05) is 6.92 Å². The molecule has 2 unspecified atom stereocenters. The van der Waals surface area contributed by atoms with Gasteiger partial charge in [-0.1, -0.05) is 6.92 Å². The van der Waals surface area contributed by atoms with Crippen molar-refractivity contribution in [1.29, 1.82) is 0 Å². The molecular formula is C9H17F2NO3. The van der Waals surface area contributed by atoms with Gasteiger partial charge in [0.25, 0.3) is 6.43 Å². The Morgan fingerprint density at radius 3 is 2.60 bits per heavy atom. The second-order valence-corrected chi connectivity index (χ2v) is 3.47. The summed E-state index contributed by atoms with van der Waals surface area (Å²) in [4.78, 5) is 11.1. The zero-order valence-electron chi connectivity index (χ0n) is 8.87. The van der Waals surface area contributed by atoms with Crippen LogP contribution in [0.5, 0.6) is 0 Å². The van der Waals surface area contributed by atoms with Crippen molar-refractivity contribution in [2.75, 3.05) is 20.3 Å². The summed E-state index contributed by atoms with van der Waals surface area (Å²) in [5, 5.41) is 11.0. The summed E-state index contributed by atoms with van der Waals surface area (Å²) in [5.74, 6) is -0.335. The van der Waals surface area contributed by atoms with E-state index in [9.17, 15) is 13.6 Å². The van der Waals surface area contributed by atoms with Gasteiger partial charge in [0.05, 0.1) is 0 Å². The van der Waals surface area contributed by atoms with Gasteiger partial charge in [0.1, 0.15) is 6.10 Å². The summed E-state index contributed by atoms with van der Waals surface area (Å²) >= 11 is 0. The first-order valence-electron chi connectivity index (χ1n) is 4.69. The molecule has 0 spiro atoms. The average Bonchev–Trinajstić information content (AvgIpc) is 2.14. The Kier molecular flexibility index (Phi) is 7.15. The summed E-state index contributed by atoms with van der Waals surface area (Å²) in [6, 6.07) is 0. The lowest BCUT2D eigenvalue weighted by molar-refractivity contribution is -0.123. The fourth-order valence-electron chi connectivity index (χ4n) is 1.04. The molecule has 0 aromatic rings. The number of amides is 1. The van der Waals surface area contributed by atoms with Gasteiger partial charge < -0.3 is 15.2 Å². The molecule has 0 bridgehead atoms. The summed E-state index contributed by atoms with van der Waals surface area (Å²) < 4.78 is 28.5. The summed E-state index contributed by atoms with van der Waals surface area (Å²) in [5.41, 5.74) is 0. The third kappa shape index (κ3) is 7.21. The zero-order chi connectivity index (χ0) is 11.8. The fourth-order valence-corrected chi connectivity index (χ4v) is 1.04. The highest BCUT2D eigenvalue weighted by Crippen LogP contribution is 2.02. The molecule has 90 valence electrons. The van der Waals surface area contributed by atoms with E-state index in [4.69, 9.17) is 9.84 Å². The minimum atomic E-state index is -2.83. The van der Waals surface area contributed by atoms with Gasteiger partial charge >= 0.3 is 0 Å². The van der Waals surface area contributed by atoms with Gasteiger partial charge in [0.2, 0.25) is 5.91 Å². The van der Waals surface area contributed by atoms with Gasteiger partial charge in [0.15, 0.2) is 0 Å². The van der Waals surface area contributed by atoms with E-state index >= 15 is 0 Å². The van der Waals surface area contributed by atoms with Crippen molar-refractivity contribution in [2.45, 2.75) is 25.9 Å². The molecule has 0 aliphatic heterocycles. The highest BCUT2D eigenvalue weighted by Gasteiger charge is 2.17. The Bertz CT molecular complexity index is 190. The van der Waals surface area contributed by atoms with Crippen LogP contribution < -0.4 is 5.32 Å². The Balaban J connectivity index is 3.66. The maximum absolute atomic E-state index is 11.8. The molecule has 1 amide bonds. The average molecular weight is 225 g/mol. The number of alkyl halides is 2. The van der Waals surface area contributed by atoms with E-state index in [1.54, 1.807) is 0 Å². The standard InChI is InChI=1S/C9H17F2NO3/c1-6(5-15-2)3-8(14)12-4-7(13)9(10)11/h6-7,9,13H,3-5H2,1-2H3,(H,12,14). The molecule has 2 atom stereocenters. The molecule has 0 heterocycles. The molecule has 0 aliphatic carbocycles. The summed E-state index contributed by atoms with van der Waals surface area (Å²) in [7, 11) is 1.52. The highest BCUT2D eigenvalue weighted by molar-refractivity contribution is 5.76. The predicted molar refractivity (Wildman–Crippen MR) is 50.7 cm³/mol. The van der Waals surface area contributed by atoms with Crippen molar-refractivity contribution in [3.63, 3.8) is 0 Å². The van der Waals surface area contributed by atoms with Crippen LogP contribution in [-0.2, 0) is 9.53 Å². The molecule has 0 saturated heterocycles. The molecule has 4 nitrogen and oxygen atoms in total. The number of hydrogen-bond acceptors (Lipinski definition) is 3. The number of aliphatic hydroxyl groups excluding tert-OH is 1. The van der Waals surface area contributed by atoms with Crippen LogP contribution >= 0.6 is 0 Å². The van der Waals surface area contributed by atoms with E-state index in [1.165, 1.54) is 7.11 Å². The number of methoxy groups -OCH3 is 1. The van der Waals surface area contributed by atoms with Crippen molar-refractivity contribution < 1.29 is 23.4 Å². The molecule has 0 aromatic carbocycles.